The van der Waals surface area contributed by atoms with Crippen molar-refractivity contribution >= 4 is 17.5 Å². The van der Waals surface area contributed by atoms with Crippen molar-refractivity contribution in [1.82, 2.24) is 0 Å². The van der Waals surface area contributed by atoms with Gasteiger partial charge >= 0.3 is 0 Å². The Balaban J connectivity index is 1.55. The van der Waals surface area contributed by atoms with Crippen molar-refractivity contribution in [3.8, 4) is 11.5 Å². The normalized spacial score (nSPS) is 16.0. The van der Waals surface area contributed by atoms with Crippen LogP contribution in [-0.4, -0.2) is 18.4 Å². The molecule has 2 amide bonds. The van der Waals surface area contributed by atoms with Gasteiger partial charge in [0.1, 0.15) is 17.3 Å². The van der Waals surface area contributed by atoms with Crippen molar-refractivity contribution < 1.29 is 18.7 Å². The van der Waals surface area contributed by atoms with Gasteiger partial charge in [-0.25, -0.2) is 4.39 Å². The van der Waals surface area contributed by atoms with Gasteiger partial charge < -0.3 is 15.4 Å². The first kappa shape index (κ1) is 19.6. The lowest BCUT2D eigenvalue weighted by molar-refractivity contribution is -0.117. The summed E-state index contributed by atoms with van der Waals surface area (Å²) in [5, 5.41) is 0. The average Bonchev–Trinajstić information content (AvgIpc) is 3.13. The van der Waals surface area contributed by atoms with Crippen LogP contribution in [0.15, 0.2) is 66.7 Å². The predicted molar refractivity (Wildman–Crippen MR) is 112 cm³/mol. The molecule has 6 heteroatoms. The van der Waals surface area contributed by atoms with Crippen LogP contribution in [0.1, 0.15) is 33.8 Å². The molecule has 1 fully saturated rings. The van der Waals surface area contributed by atoms with Gasteiger partial charge in [-0.05, 0) is 54.4 Å². The summed E-state index contributed by atoms with van der Waals surface area (Å²) in [6, 6.07) is 18.7. The smallest absolute Gasteiger partial charge is 0.248 e. The second-order valence-electron chi connectivity index (χ2n) is 7.40. The highest BCUT2D eigenvalue weighted by atomic mass is 19.1. The third-order valence-electron chi connectivity index (χ3n) is 5.27. The van der Waals surface area contributed by atoms with Gasteiger partial charge in [0.05, 0.1) is 0 Å². The number of ether oxygens (including phenoxy) is 1. The molecule has 1 aliphatic rings. The predicted octanol–water partition coefficient (Wildman–Crippen LogP) is 4.55. The van der Waals surface area contributed by atoms with E-state index >= 15 is 0 Å². The average molecular weight is 404 g/mol. The number of hydrogen-bond acceptors (Lipinski definition) is 3. The van der Waals surface area contributed by atoms with Crippen LogP contribution in [0.5, 0.6) is 11.5 Å². The fraction of sp³-hybridized carbons (Fsp3) is 0.167. The molecule has 1 atom stereocenters. The molecule has 1 heterocycles. The van der Waals surface area contributed by atoms with Gasteiger partial charge in [-0.1, -0.05) is 24.3 Å². The molecular weight excluding hydrogens is 383 g/mol. The third kappa shape index (κ3) is 4.03. The third-order valence-corrected chi connectivity index (χ3v) is 5.27. The summed E-state index contributed by atoms with van der Waals surface area (Å²) in [5.74, 6) is 0.114. The molecule has 2 N–H and O–H groups in total. The van der Waals surface area contributed by atoms with Gasteiger partial charge in [0.2, 0.25) is 11.8 Å². The van der Waals surface area contributed by atoms with E-state index in [1.54, 1.807) is 41.3 Å². The van der Waals surface area contributed by atoms with Crippen molar-refractivity contribution in [1.29, 1.82) is 0 Å². The van der Waals surface area contributed by atoms with E-state index in [0.717, 1.165) is 11.1 Å². The van der Waals surface area contributed by atoms with E-state index < -0.39 is 5.91 Å². The van der Waals surface area contributed by atoms with Crippen LogP contribution in [0.2, 0.25) is 0 Å². The maximum Gasteiger partial charge on any atom is 0.248 e. The SMILES string of the molecule is Cc1ccc(F)cc1Oc1cccc(C2CC(=O)N(c3cccc(C(N)=O)c3)C2)c1. The Morgan fingerprint density at radius 3 is 2.70 bits per heavy atom. The van der Waals surface area contributed by atoms with Gasteiger partial charge in [-0.15, -0.1) is 0 Å². The molecule has 0 spiro atoms. The number of benzene rings is 3. The number of amides is 2. The molecule has 0 aliphatic carbocycles. The maximum atomic E-state index is 13.5. The molecular formula is C24H21FN2O3. The van der Waals surface area contributed by atoms with Crippen LogP contribution in [0.25, 0.3) is 0 Å². The molecule has 0 aromatic heterocycles. The lowest BCUT2D eigenvalue weighted by atomic mass is 9.98. The molecule has 5 nitrogen and oxygen atoms in total. The van der Waals surface area contributed by atoms with E-state index in [9.17, 15) is 14.0 Å². The molecule has 3 aromatic carbocycles. The number of carbonyl (C=O) groups excluding carboxylic acids is 2. The van der Waals surface area contributed by atoms with Crippen molar-refractivity contribution in [2.45, 2.75) is 19.3 Å². The van der Waals surface area contributed by atoms with E-state index in [0.29, 0.717) is 35.7 Å². The minimum absolute atomic E-state index is 0.0195. The summed E-state index contributed by atoms with van der Waals surface area (Å²) in [4.78, 5) is 25.8. The standard InChI is InChI=1S/C24H21FN2O3/c1-15-8-9-19(25)13-22(15)30-21-7-3-4-16(11-21)18-12-23(28)27(14-18)20-6-2-5-17(10-20)24(26)29/h2-11,13,18H,12,14H2,1H3,(H2,26,29). The van der Waals surface area contributed by atoms with E-state index in [4.69, 9.17) is 10.5 Å². The Morgan fingerprint density at radius 1 is 1.10 bits per heavy atom. The van der Waals surface area contributed by atoms with Crippen LogP contribution < -0.4 is 15.4 Å². The van der Waals surface area contributed by atoms with Crippen molar-refractivity contribution in [3.05, 3.63) is 89.2 Å². The lowest BCUT2D eigenvalue weighted by Gasteiger charge is -2.18. The monoisotopic (exact) mass is 404 g/mol. The van der Waals surface area contributed by atoms with Gasteiger partial charge in [0.25, 0.3) is 0 Å². The summed E-state index contributed by atoms with van der Waals surface area (Å²) < 4.78 is 19.4. The Hall–Kier alpha value is -3.67. The summed E-state index contributed by atoms with van der Waals surface area (Å²) >= 11 is 0. The number of carbonyl (C=O) groups is 2. The lowest BCUT2D eigenvalue weighted by Crippen LogP contribution is -2.24. The highest BCUT2D eigenvalue weighted by Crippen LogP contribution is 2.34. The highest BCUT2D eigenvalue weighted by molar-refractivity contribution is 5.99. The molecule has 0 radical (unpaired) electrons. The summed E-state index contributed by atoms with van der Waals surface area (Å²) in [5.41, 5.74) is 8.17. The Morgan fingerprint density at radius 2 is 1.90 bits per heavy atom. The molecule has 0 saturated carbocycles. The van der Waals surface area contributed by atoms with Crippen LogP contribution in [0, 0.1) is 12.7 Å². The summed E-state index contributed by atoms with van der Waals surface area (Å²) in [6.07, 6.45) is 0.350. The van der Waals surface area contributed by atoms with Crippen LogP contribution in [0.3, 0.4) is 0 Å². The van der Waals surface area contributed by atoms with E-state index in [1.807, 2.05) is 25.1 Å². The number of nitrogens with two attached hydrogens (primary N) is 1. The number of aryl methyl sites for hydroxylation is 1. The second-order valence-corrected chi connectivity index (χ2v) is 7.40. The first-order valence-corrected chi connectivity index (χ1v) is 9.65. The number of anilines is 1. The van der Waals surface area contributed by atoms with Crippen LogP contribution in [-0.2, 0) is 4.79 Å². The van der Waals surface area contributed by atoms with Crippen molar-refractivity contribution in [2.75, 3.05) is 11.4 Å². The molecule has 4 rings (SSSR count). The molecule has 152 valence electrons. The van der Waals surface area contributed by atoms with Crippen molar-refractivity contribution in [3.63, 3.8) is 0 Å². The van der Waals surface area contributed by atoms with Gasteiger partial charge in [-0.3, -0.25) is 9.59 Å². The van der Waals surface area contributed by atoms with Gasteiger partial charge in [-0.2, -0.15) is 0 Å². The molecule has 1 aliphatic heterocycles. The molecule has 30 heavy (non-hydrogen) atoms. The fourth-order valence-electron chi connectivity index (χ4n) is 3.65. The Labute approximate surface area is 173 Å². The fourth-order valence-corrected chi connectivity index (χ4v) is 3.65. The van der Waals surface area contributed by atoms with E-state index in [-0.39, 0.29) is 17.6 Å². The van der Waals surface area contributed by atoms with Crippen LogP contribution in [0.4, 0.5) is 10.1 Å². The molecule has 3 aromatic rings. The molecule has 1 saturated heterocycles. The quantitative estimate of drug-likeness (QED) is 0.678. The van der Waals surface area contributed by atoms with Crippen molar-refractivity contribution in [2.24, 2.45) is 5.73 Å². The zero-order chi connectivity index (χ0) is 21.3. The largest absolute Gasteiger partial charge is 0.457 e. The minimum atomic E-state index is -0.530. The number of rotatable bonds is 5. The topological polar surface area (TPSA) is 72.6 Å². The van der Waals surface area contributed by atoms with Crippen LogP contribution >= 0.6 is 0 Å². The van der Waals surface area contributed by atoms with E-state index in [1.165, 1.54) is 12.1 Å². The number of halogens is 1. The summed E-state index contributed by atoms with van der Waals surface area (Å²) in [7, 11) is 0. The Bertz CT molecular complexity index is 1130. The summed E-state index contributed by atoms with van der Waals surface area (Å²) in [6.45, 7) is 2.34. The maximum absolute atomic E-state index is 13.5. The number of primary amides is 1. The minimum Gasteiger partial charge on any atom is -0.457 e. The second kappa shape index (κ2) is 7.99. The number of hydrogen-bond donors (Lipinski definition) is 1. The zero-order valence-electron chi connectivity index (χ0n) is 16.5. The van der Waals surface area contributed by atoms with Gasteiger partial charge in [0, 0.05) is 36.2 Å². The first-order valence-electron chi connectivity index (χ1n) is 9.65. The molecule has 1 unspecified atom stereocenters. The number of nitrogens with zero attached hydrogens (tertiary/aromatic N) is 1. The zero-order valence-corrected chi connectivity index (χ0v) is 16.5. The molecule has 0 bridgehead atoms. The van der Waals surface area contributed by atoms with Gasteiger partial charge in [0.15, 0.2) is 0 Å². The Kier molecular flexibility index (Phi) is 5.23. The van der Waals surface area contributed by atoms with E-state index in [2.05, 4.69) is 0 Å². The first-order chi connectivity index (χ1) is 14.4. The highest BCUT2D eigenvalue weighted by Gasteiger charge is 2.32.